The zero-order valence-corrected chi connectivity index (χ0v) is 12.6. The highest BCUT2D eigenvalue weighted by atomic mass is 35.5. The summed E-state index contributed by atoms with van der Waals surface area (Å²) < 4.78 is 4.74. The molecule has 20 heavy (non-hydrogen) atoms. The van der Waals surface area contributed by atoms with Gasteiger partial charge in [-0.25, -0.2) is 0 Å². The fourth-order valence-corrected chi connectivity index (χ4v) is 2.63. The van der Waals surface area contributed by atoms with Gasteiger partial charge < -0.3 is 9.64 Å². The molecule has 1 unspecified atom stereocenters. The van der Waals surface area contributed by atoms with E-state index in [1.165, 1.54) is 7.11 Å². The van der Waals surface area contributed by atoms with Crippen LogP contribution in [0.2, 0.25) is 10.0 Å². The second-order valence-corrected chi connectivity index (χ2v) is 5.56. The van der Waals surface area contributed by atoms with Crippen LogP contribution in [0.4, 0.5) is 0 Å². The van der Waals surface area contributed by atoms with Crippen LogP contribution in [0.5, 0.6) is 0 Å². The number of esters is 1. The summed E-state index contributed by atoms with van der Waals surface area (Å²) in [6.07, 6.45) is 1.53. The van der Waals surface area contributed by atoms with Crippen molar-refractivity contribution in [2.45, 2.75) is 12.8 Å². The number of piperidine rings is 1. The number of ether oxygens (including phenoxy) is 1. The van der Waals surface area contributed by atoms with E-state index >= 15 is 0 Å². The zero-order valence-electron chi connectivity index (χ0n) is 11.1. The Morgan fingerprint density at radius 3 is 2.70 bits per heavy atom. The Bertz CT molecular complexity index is 533. The maximum absolute atomic E-state index is 12.4. The fourth-order valence-electron chi connectivity index (χ4n) is 2.33. The Hall–Kier alpha value is -1.26. The predicted molar refractivity (Wildman–Crippen MR) is 77.1 cm³/mol. The summed E-state index contributed by atoms with van der Waals surface area (Å²) in [4.78, 5) is 25.6. The van der Waals surface area contributed by atoms with Crippen LogP contribution in [0.25, 0.3) is 0 Å². The van der Waals surface area contributed by atoms with E-state index in [2.05, 4.69) is 0 Å². The van der Waals surface area contributed by atoms with Gasteiger partial charge in [0.2, 0.25) is 0 Å². The van der Waals surface area contributed by atoms with E-state index in [0.717, 1.165) is 12.8 Å². The van der Waals surface area contributed by atoms with Crippen LogP contribution >= 0.6 is 23.2 Å². The van der Waals surface area contributed by atoms with Crippen molar-refractivity contribution in [2.75, 3.05) is 20.2 Å². The highest BCUT2D eigenvalue weighted by Crippen LogP contribution is 2.25. The van der Waals surface area contributed by atoms with Gasteiger partial charge in [0, 0.05) is 18.7 Å². The summed E-state index contributed by atoms with van der Waals surface area (Å²) in [6.45, 7) is 1.01. The standard InChI is InChI=1S/C14H15Cl2NO3/c1-20-14(19)10-3-2-6-17(8-10)13(18)9-4-5-11(15)12(16)7-9/h4-5,7,10H,2-3,6,8H2,1H3. The first kappa shape index (κ1) is 15.1. The molecule has 2 rings (SSSR count). The number of hydrogen-bond donors (Lipinski definition) is 0. The number of benzene rings is 1. The second-order valence-electron chi connectivity index (χ2n) is 4.74. The van der Waals surface area contributed by atoms with Gasteiger partial charge in [0.25, 0.3) is 5.91 Å². The van der Waals surface area contributed by atoms with Crippen molar-refractivity contribution in [2.24, 2.45) is 5.92 Å². The largest absolute Gasteiger partial charge is 0.469 e. The molecule has 0 N–H and O–H groups in total. The maximum Gasteiger partial charge on any atom is 0.310 e. The molecule has 0 saturated carbocycles. The highest BCUT2D eigenvalue weighted by Gasteiger charge is 2.29. The molecule has 1 atom stereocenters. The van der Waals surface area contributed by atoms with E-state index in [4.69, 9.17) is 27.9 Å². The SMILES string of the molecule is COC(=O)C1CCCN(C(=O)c2ccc(Cl)c(Cl)c2)C1. The molecular formula is C14H15Cl2NO3. The van der Waals surface area contributed by atoms with Gasteiger partial charge in [-0.05, 0) is 31.0 Å². The van der Waals surface area contributed by atoms with Gasteiger partial charge in [-0.1, -0.05) is 23.2 Å². The van der Waals surface area contributed by atoms with E-state index in [1.807, 2.05) is 0 Å². The van der Waals surface area contributed by atoms with E-state index in [-0.39, 0.29) is 17.8 Å². The number of carbonyl (C=O) groups is 2. The summed E-state index contributed by atoms with van der Waals surface area (Å²) in [5, 5.41) is 0.758. The molecule has 6 heteroatoms. The molecule has 0 radical (unpaired) electrons. The minimum Gasteiger partial charge on any atom is -0.469 e. The van der Waals surface area contributed by atoms with Gasteiger partial charge in [0.1, 0.15) is 0 Å². The van der Waals surface area contributed by atoms with E-state index in [9.17, 15) is 9.59 Å². The third-order valence-electron chi connectivity index (χ3n) is 3.41. The van der Waals surface area contributed by atoms with Gasteiger partial charge in [-0.15, -0.1) is 0 Å². The maximum atomic E-state index is 12.4. The van der Waals surface area contributed by atoms with Crippen LogP contribution in [0.3, 0.4) is 0 Å². The highest BCUT2D eigenvalue weighted by molar-refractivity contribution is 6.42. The van der Waals surface area contributed by atoms with Gasteiger partial charge in [0.05, 0.1) is 23.1 Å². The molecule has 1 aromatic carbocycles. The molecular weight excluding hydrogens is 301 g/mol. The molecule has 1 aliphatic heterocycles. The molecule has 1 aromatic rings. The molecule has 108 valence electrons. The number of likely N-dealkylation sites (tertiary alicyclic amines) is 1. The summed E-state index contributed by atoms with van der Waals surface area (Å²) in [5.74, 6) is -0.658. The van der Waals surface area contributed by atoms with Gasteiger partial charge in [-0.3, -0.25) is 9.59 Å². The molecule has 0 spiro atoms. The van der Waals surface area contributed by atoms with Crippen LogP contribution in [0, 0.1) is 5.92 Å². The normalized spacial score (nSPS) is 18.8. The lowest BCUT2D eigenvalue weighted by molar-refractivity contribution is -0.146. The van der Waals surface area contributed by atoms with Crippen molar-refractivity contribution < 1.29 is 14.3 Å². The number of halogens is 2. The van der Waals surface area contributed by atoms with Crippen molar-refractivity contribution in [3.8, 4) is 0 Å². The smallest absolute Gasteiger partial charge is 0.310 e. The minimum absolute atomic E-state index is 0.142. The Labute approximate surface area is 127 Å². The van der Waals surface area contributed by atoms with Crippen molar-refractivity contribution in [1.82, 2.24) is 4.90 Å². The van der Waals surface area contributed by atoms with Gasteiger partial charge >= 0.3 is 5.97 Å². The lowest BCUT2D eigenvalue weighted by atomic mass is 9.97. The second kappa shape index (κ2) is 6.46. The number of nitrogens with zero attached hydrogens (tertiary/aromatic N) is 1. The molecule has 0 aliphatic carbocycles. The molecule has 1 amide bonds. The molecule has 1 saturated heterocycles. The molecule has 0 bridgehead atoms. The first-order valence-electron chi connectivity index (χ1n) is 6.35. The molecule has 1 aliphatic rings. The van der Waals surface area contributed by atoms with Crippen LogP contribution < -0.4 is 0 Å². The summed E-state index contributed by atoms with van der Waals surface area (Å²) >= 11 is 11.8. The van der Waals surface area contributed by atoms with Crippen LogP contribution in [-0.4, -0.2) is 37.0 Å². The van der Waals surface area contributed by atoms with Crippen molar-refractivity contribution >= 4 is 35.1 Å². The van der Waals surface area contributed by atoms with Crippen molar-refractivity contribution in [3.63, 3.8) is 0 Å². The average molecular weight is 316 g/mol. The Kier molecular flexibility index (Phi) is 4.89. The van der Waals surface area contributed by atoms with E-state index < -0.39 is 0 Å². The van der Waals surface area contributed by atoms with Crippen LogP contribution in [0.1, 0.15) is 23.2 Å². The number of carbonyl (C=O) groups excluding carboxylic acids is 2. The van der Waals surface area contributed by atoms with E-state index in [1.54, 1.807) is 23.1 Å². The van der Waals surface area contributed by atoms with E-state index in [0.29, 0.717) is 28.7 Å². The Morgan fingerprint density at radius 2 is 2.05 bits per heavy atom. The van der Waals surface area contributed by atoms with Gasteiger partial charge in [0.15, 0.2) is 0 Å². The molecule has 1 fully saturated rings. The van der Waals surface area contributed by atoms with Crippen molar-refractivity contribution in [1.29, 1.82) is 0 Å². The minimum atomic E-state index is -0.267. The molecule has 0 aromatic heterocycles. The monoisotopic (exact) mass is 315 g/mol. The number of rotatable bonds is 2. The molecule has 1 heterocycles. The third kappa shape index (κ3) is 3.25. The predicted octanol–water partition coefficient (Wildman–Crippen LogP) is 3.02. The first-order valence-corrected chi connectivity index (χ1v) is 7.10. The zero-order chi connectivity index (χ0) is 14.7. The fraction of sp³-hybridized carbons (Fsp3) is 0.429. The van der Waals surface area contributed by atoms with Gasteiger partial charge in [-0.2, -0.15) is 0 Å². The van der Waals surface area contributed by atoms with Crippen LogP contribution in [-0.2, 0) is 9.53 Å². The number of amides is 1. The van der Waals surface area contributed by atoms with Crippen LogP contribution in [0.15, 0.2) is 18.2 Å². The molecule has 4 nitrogen and oxygen atoms in total. The number of hydrogen-bond acceptors (Lipinski definition) is 3. The third-order valence-corrected chi connectivity index (χ3v) is 4.15. The quantitative estimate of drug-likeness (QED) is 0.788. The number of methoxy groups -OCH3 is 1. The summed E-state index contributed by atoms with van der Waals surface area (Å²) in [6, 6.07) is 4.78. The van der Waals surface area contributed by atoms with Crippen molar-refractivity contribution in [3.05, 3.63) is 33.8 Å². The lowest BCUT2D eigenvalue weighted by Gasteiger charge is -2.31. The Balaban J connectivity index is 2.12. The lowest BCUT2D eigenvalue weighted by Crippen LogP contribution is -2.42. The first-order chi connectivity index (χ1) is 9.52. The summed E-state index contributed by atoms with van der Waals surface area (Å²) in [7, 11) is 1.36. The Morgan fingerprint density at radius 1 is 1.30 bits per heavy atom. The average Bonchev–Trinajstić information content (AvgIpc) is 2.48. The summed E-state index contributed by atoms with van der Waals surface area (Å²) in [5.41, 5.74) is 0.477. The topological polar surface area (TPSA) is 46.6 Å².